The Hall–Kier alpha value is -1.01. The fourth-order valence-corrected chi connectivity index (χ4v) is 6.04. The second-order valence-corrected chi connectivity index (χ2v) is 10.1. The molecule has 150 valence electrons. The van der Waals surface area contributed by atoms with Gasteiger partial charge in [0.2, 0.25) is 0 Å². The molecule has 7 heteroatoms. The Morgan fingerprint density at radius 2 is 2.00 bits per heavy atom. The summed E-state index contributed by atoms with van der Waals surface area (Å²) in [6.45, 7) is 4.14. The van der Waals surface area contributed by atoms with Crippen molar-refractivity contribution in [2.45, 2.75) is 50.0 Å². The molecule has 1 saturated heterocycles. The van der Waals surface area contributed by atoms with Crippen LogP contribution in [0.25, 0.3) is 0 Å². The summed E-state index contributed by atoms with van der Waals surface area (Å²) in [6.07, 6.45) is 6.67. The lowest BCUT2D eigenvalue weighted by Crippen LogP contribution is -2.50. The molecule has 4 nitrogen and oxygen atoms in total. The summed E-state index contributed by atoms with van der Waals surface area (Å²) >= 11 is 13.6. The fourth-order valence-electron chi connectivity index (χ4n) is 4.70. The van der Waals surface area contributed by atoms with E-state index in [9.17, 15) is 4.79 Å². The van der Waals surface area contributed by atoms with Crippen molar-refractivity contribution in [3.8, 4) is 0 Å². The fraction of sp³-hybridized carbons (Fsp3) is 0.524. The maximum atomic E-state index is 12.7. The van der Waals surface area contributed by atoms with E-state index in [0.29, 0.717) is 33.3 Å². The highest BCUT2D eigenvalue weighted by atomic mass is 35.5. The van der Waals surface area contributed by atoms with Crippen molar-refractivity contribution in [1.82, 2.24) is 4.90 Å². The van der Waals surface area contributed by atoms with E-state index in [2.05, 4.69) is 16.8 Å². The number of nitrogens with zero attached hydrogens (tertiary/aromatic N) is 2. The SMILES string of the molecule is C[C@@H]1CCC2(CCN(C3=NC=C(Sc4cccc(Cl)c4Cl)C(=O)C3)CC2)[C@@H]1N. The third kappa shape index (κ3) is 3.74. The lowest BCUT2D eigenvalue weighted by atomic mass is 9.73. The van der Waals surface area contributed by atoms with Crippen molar-refractivity contribution < 1.29 is 4.79 Å². The summed E-state index contributed by atoms with van der Waals surface area (Å²) in [5.74, 6) is 1.57. The topological polar surface area (TPSA) is 58.7 Å². The average molecular weight is 438 g/mol. The van der Waals surface area contributed by atoms with Crippen molar-refractivity contribution in [1.29, 1.82) is 0 Å². The number of carbonyl (C=O) groups is 1. The molecule has 2 aliphatic heterocycles. The summed E-state index contributed by atoms with van der Waals surface area (Å²) in [6, 6.07) is 5.73. The summed E-state index contributed by atoms with van der Waals surface area (Å²) in [7, 11) is 0. The van der Waals surface area contributed by atoms with Gasteiger partial charge in [0.05, 0.1) is 21.4 Å². The summed E-state index contributed by atoms with van der Waals surface area (Å²) in [5.41, 5.74) is 6.80. The maximum Gasteiger partial charge on any atom is 0.178 e. The van der Waals surface area contributed by atoms with Crippen LogP contribution in [0.15, 0.2) is 39.2 Å². The van der Waals surface area contributed by atoms with Crippen molar-refractivity contribution in [3.63, 3.8) is 0 Å². The summed E-state index contributed by atoms with van der Waals surface area (Å²) in [5, 5.41) is 0.961. The van der Waals surface area contributed by atoms with Gasteiger partial charge in [0.15, 0.2) is 5.78 Å². The van der Waals surface area contributed by atoms with Gasteiger partial charge in [-0.3, -0.25) is 4.79 Å². The highest BCUT2D eigenvalue weighted by Crippen LogP contribution is 2.48. The van der Waals surface area contributed by atoms with Gasteiger partial charge in [0.25, 0.3) is 0 Å². The molecule has 0 aromatic heterocycles. The summed E-state index contributed by atoms with van der Waals surface area (Å²) < 4.78 is 0. The highest BCUT2D eigenvalue weighted by Gasteiger charge is 2.46. The van der Waals surface area contributed by atoms with E-state index in [1.165, 1.54) is 24.6 Å². The number of halogens is 2. The monoisotopic (exact) mass is 437 g/mol. The maximum absolute atomic E-state index is 12.7. The predicted molar refractivity (Wildman–Crippen MR) is 117 cm³/mol. The van der Waals surface area contributed by atoms with E-state index >= 15 is 0 Å². The van der Waals surface area contributed by atoms with Crippen molar-refractivity contribution >= 4 is 46.6 Å². The number of hydrogen-bond donors (Lipinski definition) is 1. The quantitative estimate of drug-likeness (QED) is 0.695. The largest absolute Gasteiger partial charge is 0.360 e. The zero-order chi connectivity index (χ0) is 19.9. The number of aliphatic imine (C=N–C) groups is 1. The minimum Gasteiger partial charge on any atom is -0.360 e. The number of ketones is 1. The number of piperidine rings is 1. The van der Waals surface area contributed by atoms with Crippen LogP contribution in [0, 0.1) is 11.3 Å². The summed E-state index contributed by atoms with van der Waals surface area (Å²) in [4.78, 5) is 21.0. The van der Waals surface area contributed by atoms with E-state index in [-0.39, 0.29) is 11.2 Å². The Labute approximate surface area is 180 Å². The van der Waals surface area contributed by atoms with E-state index < -0.39 is 0 Å². The van der Waals surface area contributed by atoms with E-state index in [1.54, 1.807) is 12.3 Å². The van der Waals surface area contributed by atoms with Crippen LogP contribution in [0.4, 0.5) is 0 Å². The smallest absolute Gasteiger partial charge is 0.178 e. The van der Waals surface area contributed by atoms with Gasteiger partial charge in [-0.2, -0.15) is 0 Å². The van der Waals surface area contributed by atoms with Crippen LogP contribution in [0.1, 0.15) is 39.0 Å². The molecule has 2 fully saturated rings. The molecule has 2 N–H and O–H groups in total. The third-order valence-corrected chi connectivity index (χ3v) is 8.65. The molecule has 1 aliphatic carbocycles. The van der Waals surface area contributed by atoms with Crippen molar-refractivity contribution in [2.75, 3.05) is 13.1 Å². The number of allylic oxidation sites excluding steroid dienone is 1. The first-order valence-electron chi connectivity index (χ1n) is 9.82. The molecular weight excluding hydrogens is 413 g/mol. The Kier molecular flexibility index (Phi) is 5.81. The molecule has 1 aromatic rings. The molecule has 0 radical (unpaired) electrons. The van der Waals surface area contributed by atoms with Crippen LogP contribution in [0.2, 0.25) is 10.0 Å². The molecule has 0 unspecified atom stereocenters. The van der Waals surface area contributed by atoms with Crippen molar-refractivity contribution in [3.05, 3.63) is 39.3 Å². The molecule has 0 amide bonds. The van der Waals surface area contributed by atoms with E-state index in [0.717, 1.165) is 36.7 Å². The number of nitrogens with two attached hydrogens (primary N) is 1. The molecule has 4 rings (SSSR count). The van der Waals surface area contributed by atoms with E-state index in [4.69, 9.17) is 28.9 Å². The second kappa shape index (κ2) is 8.02. The van der Waals surface area contributed by atoms with Gasteiger partial charge in [0.1, 0.15) is 5.84 Å². The molecule has 3 aliphatic rings. The molecule has 1 saturated carbocycles. The van der Waals surface area contributed by atoms with Crippen LogP contribution < -0.4 is 5.73 Å². The Morgan fingerprint density at radius 3 is 2.64 bits per heavy atom. The molecule has 2 atom stereocenters. The van der Waals surface area contributed by atoms with E-state index in [1.807, 2.05) is 12.1 Å². The zero-order valence-corrected chi connectivity index (χ0v) is 18.3. The highest BCUT2D eigenvalue weighted by molar-refractivity contribution is 8.04. The third-order valence-electron chi connectivity index (χ3n) is 6.60. The normalized spacial score (nSPS) is 27.1. The molecule has 1 aromatic carbocycles. The van der Waals surface area contributed by atoms with Gasteiger partial charge >= 0.3 is 0 Å². The lowest BCUT2D eigenvalue weighted by molar-refractivity contribution is -0.114. The number of thioether (sulfide) groups is 1. The Bertz CT molecular complexity index is 846. The van der Waals surface area contributed by atoms with Crippen LogP contribution >= 0.6 is 35.0 Å². The lowest BCUT2D eigenvalue weighted by Gasteiger charge is -2.44. The van der Waals surface area contributed by atoms with Gasteiger partial charge in [-0.05, 0) is 49.1 Å². The minimum absolute atomic E-state index is 0.0810. The van der Waals surface area contributed by atoms with Gasteiger partial charge in [-0.25, -0.2) is 4.99 Å². The van der Waals surface area contributed by atoms with Gasteiger partial charge in [-0.1, -0.05) is 48.0 Å². The number of likely N-dealkylation sites (tertiary alicyclic amines) is 1. The molecule has 28 heavy (non-hydrogen) atoms. The van der Waals surface area contributed by atoms with Crippen LogP contribution in [-0.4, -0.2) is 35.7 Å². The zero-order valence-electron chi connectivity index (χ0n) is 16.0. The molecule has 0 bridgehead atoms. The molecule has 1 spiro atoms. The van der Waals surface area contributed by atoms with Gasteiger partial charge in [0, 0.05) is 30.2 Å². The average Bonchev–Trinajstić information content (AvgIpc) is 2.96. The number of amidine groups is 1. The van der Waals surface area contributed by atoms with Gasteiger partial charge < -0.3 is 10.6 Å². The number of rotatable bonds is 2. The number of carbonyl (C=O) groups excluding carboxylic acids is 1. The number of hydrogen-bond acceptors (Lipinski definition) is 5. The number of Topliss-reactive ketones (excluding diaryl/α,β-unsaturated/α-hetero) is 1. The first-order chi connectivity index (χ1) is 13.4. The standard InChI is InChI=1S/C21H25Cl2N3OS/c1-13-5-6-21(20(13)24)7-9-26(10-8-21)18-11-15(27)17(12-25-18)28-16-4-2-3-14(22)19(16)23/h2-4,12-13,20H,5-11,24H2,1H3/t13-,20-/m1/s1. The molecular formula is C21H25Cl2N3OS. The molecule has 2 heterocycles. The van der Waals surface area contributed by atoms with Crippen LogP contribution in [0.3, 0.4) is 0 Å². The predicted octanol–water partition coefficient (Wildman–Crippen LogP) is 5.14. The number of benzene rings is 1. The second-order valence-electron chi connectivity index (χ2n) is 8.18. The Morgan fingerprint density at radius 1 is 1.25 bits per heavy atom. The van der Waals surface area contributed by atoms with Crippen LogP contribution in [-0.2, 0) is 4.79 Å². The minimum atomic E-state index is 0.0810. The first kappa shape index (κ1) is 20.3. The van der Waals surface area contributed by atoms with Crippen molar-refractivity contribution in [2.24, 2.45) is 22.1 Å². The van der Waals surface area contributed by atoms with Gasteiger partial charge in [-0.15, -0.1) is 0 Å². The first-order valence-corrected chi connectivity index (χ1v) is 11.4. The Balaban J connectivity index is 1.43. The van der Waals surface area contributed by atoms with Crippen LogP contribution in [0.5, 0.6) is 0 Å².